The van der Waals surface area contributed by atoms with Crippen molar-refractivity contribution in [2.24, 2.45) is 38.8 Å². The average Bonchev–Trinajstić information content (AvgIpc) is 2.69. The van der Waals surface area contributed by atoms with Crippen LogP contribution in [0.15, 0.2) is 4.99 Å². The Kier molecular flexibility index (Phi) is 14.5. The summed E-state index contributed by atoms with van der Waals surface area (Å²) >= 11 is 0. The largest absolute Gasteiger partial charge is 0.387 e. The molecule has 0 aliphatic carbocycles. The zero-order chi connectivity index (χ0) is 25.7. The van der Waals surface area contributed by atoms with E-state index in [0.717, 1.165) is 51.4 Å². The molecule has 0 aromatic rings. The van der Waals surface area contributed by atoms with Crippen LogP contribution < -0.4 is 21.7 Å². The maximum atomic E-state index is 12.1. The minimum atomic E-state index is 0.110. The second-order valence-electron chi connectivity index (χ2n) is 12.5. The van der Waals surface area contributed by atoms with Crippen LogP contribution in [0.1, 0.15) is 94.9 Å². The summed E-state index contributed by atoms with van der Waals surface area (Å²) in [6, 6.07) is 0. The van der Waals surface area contributed by atoms with Gasteiger partial charge >= 0.3 is 0 Å². The third-order valence-corrected chi connectivity index (χ3v) is 7.06. The minimum absolute atomic E-state index is 0.110. The van der Waals surface area contributed by atoms with Gasteiger partial charge in [0.25, 0.3) is 0 Å². The Balaban J connectivity index is 3.89. The highest BCUT2D eigenvalue weighted by molar-refractivity contribution is 5.80. The fourth-order valence-electron chi connectivity index (χ4n) is 4.35. The molecule has 0 aliphatic rings. The Morgan fingerprint density at radius 2 is 1.42 bits per heavy atom. The van der Waals surface area contributed by atoms with Gasteiger partial charge in [-0.05, 0) is 34.5 Å². The van der Waals surface area contributed by atoms with Crippen LogP contribution in [0, 0.1) is 28.1 Å². The average molecular weight is 468 g/mol. The summed E-state index contributed by atoms with van der Waals surface area (Å²) in [5, 5.41) is 9.81. The minimum Gasteiger partial charge on any atom is -0.387 e. The lowest BCUT2D eigenvalue weighted by Gasteiger charge is -2.36. The van der Waals surface area contributed by atoms with Crippen LogP contribution in [-0.4, -0.2) is 51.0 Å². The Labute approximate surface area is 205 Å². The van der Waals surface area contributed by atoms with Crippen molar-refractivity contribution in [2.75, 3.05) is 39.3 Å². The number of amidine groups is 1. The number of rotatable bonds is 17. The number of hydrogen-bond acceptors (Lipinski definition) is 4. The molecule has 1 amide bonds. The number of nitrogens with zero attached hydrogens (tertiary/aromatic N) is 1. The van der Waals surface area contributed by atoms with Crippen molar-refractivity contribution in [3.8, 4) is 0 Å². The topological polar surface area (TPSA) is 91.5 Å². The Morgan fingerprint density at radius 3 is 1.94 bits per heavy atom. The van der Waals surface area contributed by atoms with Crippen LogP contribution in [0.3, 0.4) is 0 Å². The number of nitrogens with two attached hydrogens (primary N) is 1. The van der Waals surface area contributed by atoms with E-state index in [1.54, 1.807) is 0 Å². The van der Waals surface area contributed by atoms with Crippen LogP contribution in [0.4, 0.5) is 0 Å². The van der Waals surface area contributed by atoms with E-state index >= 15 is 0 Å². The highest BCUT2D eigenvalue weighted by atomic mass is 16.1. The Hall–Kier alpha value is -1.14. The zero-order valence-corrected chi connectivity index (χ0v) is 23.7. The molecule has 33 heavy (non-hydrogen) atoms. The van der Waals surface area contributed by atoms with E-state index < -0.39 is 0 Å². The van der Waals surface area contributed by atoms with Gasteiger partial charge in [0.15, 0.2) is 0 Å². The Morgan fingerprint density at radius 1 is 0.879 bits per heavy atom. The number of nitrogens with one attached hydrogen (secondary N) is 3. The molecule has 0 aromatic carbocycles. The highest BCUT2D eigenvalue weighted by Crippen LogP contribution is 2.37. The Bertz CT molecular complexity index is 578. The quantitative estimate of drug-likeness (QED) is 0.143. The maximum absolute atomic E-state index is 12.1. The molecule has 0 spiro atoms. The summed E-state index contributed by atoms with van der Waals surface area (Å²) in [6.07, 6.45) is 3.54. The van der Waals surface area contributed by atoms with Crippen molar-refractivity contribution in [3.05, 3.63) is 0 Å². The van der Waals surface area contributed by atoms with Gasteiger partial charge in [-0.1, -0.05) is 75.7 Å². The van der Waals surface area contributed by atoms with Gasteiger partial charge in [0.05, 0.1) is 5.84 Å². The first-order chi connectivity index (χ1) is 15.1. The molecule has 0 bridgehead atoms. The van der Waals surface area contributed by atoms with Gasteiger partial charge in [-0.2, -0.15) is 0 Å². The molecule has 2 atom stereocenters. The number of amides is 1. The second-order valence-corrected chi connectivity index (χ2v) is 12.5. The second kappa shape index (κ2) is 15.0. The van der Waals surface area contributed by atoms with E-state index in [1.165, 1.54) is 6.42 Å². The van der Waals surface area contributed by atoms with E-state index in [-0.39, 0.29) is 22.2 Å². The summed E-state index contributed by atoms with van der Waals surface area (Å²) < 4.78 is 0. The van der Waals surface area contributed by atoms with E-state index in [4.69, 9.17) is 5.73 Å². The fourth-order valence-corrected chi connectivity index (χ4v) is 4.35. The molecule has 6 nitrogen and oxygen atoms in total. The molecule has 0 fully saturated rings. The monoisotopic (exact) mass is 467 g/mol. The van der Waals surface area contributed by atoms with E-state index in [1.807, 2.05) is 0 Å². The first-order valence-electron chi connectivity index (χ1n) is 13.1. The molecule has 0 rings (SSSR count). The highest BCUT2D eigenvalue weighted by Gasteiger charge is 2.30. The van der Waals surface area contributed by atoms with Gasteiger partial charge in [-0.15, -0.1) is 0 Å². The van der Waals surface area contributed by atoms with Crippen molar-refractivity contribution < 1.29 is 4.79 Å². The van der Waals surface area contributed by atoms with E-state index in [0.29, 0.717) is 24.8 Å². The summed E-state index contributed by atoms with van der Waals surface area (Å²) in [5.41, 5.74) is 6.75. The SMILES string of the molecule is CCC(C)C(C)(C)C(C)CN=C(N)CCNCCNCCC(=O)NCC(C)(C)CC(C)(C)C. The fraction of sp³-hybridized carbons (Fsp3) is 0.926. The van der Waals surface area contributed by atoms with Crippen LogP contribution in [-0.2, 0) is 4.79 Å². The first-order valence-corrected chi connectivity index (χ1v) is 13.1. The smallest absolute Gasteiger partial charge is 0.221 e. The van der Waals surface area contributed by atoms with Crippen molar-refractivity contribution >= 4 is 11.7 Å². The normalized spacial score (nSPS) is 15.4. The van der Waals surface area contributed by atoms with Crippen LogP contribution in [0.25, 0.3) is 0 Å². The molecule has 5 N–H and O–H groups in total. The van der Waals surface area contributed by atoms with Gasteiger partial charge in [0, 0.05) is 52.1 Å². The molecule has 0 saturated heterocycles. The number of carbonyl (C=O) groups is 1. The molecule has 0 heterocycles. The molecule has 6 heteroatoms. The van der Waals surface area contributed by atoms with Gasteiger partial charge < -0.3 is 21.7 Å². The molecule has 0 aliphatic heterocycles. The first kappa shape index (κ1) is 31.9. The summed E-state index contributed by atoms with van der Waals surface area (Å²) in [5.74, 6) is 2.02. The van der Waals surface area contributed by atoms with E-state index in [9.17, 15) is 4.79 Å². The van der Waals surface area contributed by atoms with Gasteiger partial charge in [-0.3, -0.25) is 9.79 Å². The number of aliphatic imine (C=N–C) groups is 1. The predicted octanol–water partition coefficient (Wildman–Crippen LogP) is 4.59. The molecule has 0 radical (unpaired) electrons. The molecular formula is C27H57N5O. The number of hydrogen-bond donors (Lipinski definition) is 4. The summed E-state index contributed by atoms with van der Waals surface area (Å²) in [7, 11) is 0. The summed E-state index contributed by atoms with van der Waals surface area (Å²) in [6.45, 7) is 27.4. The lowest BCUT2D eigenvalue weighted by atomic mass is 9.70. The molecule has 0 saturated carbocycles. The van der Waals surface area contributed by atoms with Gasteiger partial charge in [-0.25, -0.2) is 0 Å². The third-order valence-electron chi connectivity index (χ3n) is 7.06. The van der Waals surface area contributed by atoms with Gasteiger partial charge in [0.2, 0.25) is 5.91 Å². The van der Waals surface area contributed by atoms with Crippen LogP contribution >= 0.6 is 0 Å². The molecule has 196 valence electrons. The lowest BCUT2D eigenvalue weighted by molar-refractivity contribution is -0.121. The molecule has 2 unspecified atom stereocenters. The summed E-state index contributed by atoms with van der Waals surface area (Å²) in [4.78, 5) is 16.7. The molecule has 0 aromatic heterocycles. The third kappa shape index (κ3) is 15.4. The van der Waals surface area contributed by atoms with Crippen molar-refractivity contribution in [3.63, 3.8) is 0 Å². The van der Waals surface area contributed by atoms with Crippen LogP contribution in [0.2, 0.25) is 0 Å². The van der Waals surface area contributed by atoms with Gasteiger partial charge in [0.1, 0.15) is 0 Å². The zero-order valence-electron chi connectivity index (χ0n) is 23.7. The predicted molar refractivity (Wildman–Crippen MR) is 145 cm³/mol. The number of carbonyl (C=O) groups excluding carboxylic acids is 1. The maximum Gasteiger partial charge on any atom is 0.221 e. The van der Waals surface area contributed by atoms with Crippen LogP contribution in [0.5, 0.6) is 0 Å². The van der Waals surface area contributed by atoms with E-state index in [2.05, 4.69) is 90.2 Å². The lowest BCUT2D eigenvalue weighted by Crippen LogP contribution is -2.37. The standard InChI is InChI=1S/C27H57N5O/c1-11-21(2)27(9,10)22(3)18-31-23(28)12-14-29-16-17-30-15-13-24(33)32-20-26(7,8)19-25(4,5)6/h21-22,29-30H,11-20H2,1-10H3,(H2,28,31)(H,32,33). The van der Waals surface area contributed by atoms with Crippen molar-refractivity contribution in [2.45, 2.75) is 94.9 Å². The van der Waals surface area contributed by atoms with Crippen molar-refractivity contribution in [1.29, 1.82) is 0 Å². The molecular weight excluding hydrogens is 410 g/mol. The van der Waals surface area contributed by atoms with Crippen molar-refractivity contribution in [1.82, 2.24) is 16.0 Å².